The lowest BCUT2D eigenvalue weighted by atomic mass is 9.83. The SMILES string of the molecule is CC.CCCCCc1ccc(Nc2cccc3c2C(=O)c2ccccc2C3=O)cc1.CCCNC. The van der Waals surface area contributed by atoms with Gasteiger partial charge in [0.2, 0.25) is 0 Å². The Bertz CT molecular complexity index is 1090. The van der Waals surface area contributed by atoms with Crippen LogP contribution in [-0.4, -0.2) is 25.2 Å². The summed E-state index contributed by atoms with van der Waals surface area (Å²) in [7, 11) is 1.96. The van der Waals surface area contributed by atoms with Gasteiger partial charge < -0.3 is 10.6 Å². The Balaban J connectivity index is 0.000000551. The van der Waals surface area contributed by atoms with E-state index in [9.17, 15) is 9.59 Å². The van der Waals surface area contributed by atoms with Crippen LogP contribution in [0.15, 0.2) is 66.7 Å². The number of anilines is 2. The van der Waals surface area contributed by atoms with Crippen LogP contribution in [0, 0.1) is 0 Å². The van der Waals surface area contributed by atoms with Gasteiger partial charge in [-0.3, -0.25) is 9.59 Å². The topological polar surface area (TPSA) is 58.2 Å². The molecule has 0 heterocycles. The fourth-order valence-corrected chi connectivity index (χ4v) is 3.99. The molecule has 0 radical (unpaired) electrons. The van der Waals surface area contributed by atoms with E-state index in [1.54, 1.807) is 30.3 Å². The molecule has 0 saturated heterocycles. The van der Waals surface area contributed by atoms with Crippen LogP contribution >= 0.6 is 0 Å². The average Bonchev–Trinajstić information content (AvgIpc) is 2.90. The molecular weight excluding hydrogens is 432 g/mol. The zero-order valence-corrected chi connectivity index (χ0v) is 21.9. The molecule has 0 aliphatic heterocycles. The maximum Gasteiger partial charge on any atom is 0.196 e. The van der Waals surface area contributed by atoms with Gasteiger partial charge in [-0.25, -0.2) is 0 Å². The number of fused-ring (bicyclic) bond motifs is 2. The fraction of sp³-hybridized carbons (Fsp3) is 0.355. The number of hydrogen-bond donors (Lipinski definition) is 2. The predicted octanol–water partition coefficient (Wildman–Crippen LogP) is 7.58. The molecule has 0 amide bonds. The third-order valence-electron chi connectivity index (χ3n) is 5.75. The van der Waals surface area contributed by atoms with Crippen LogP contribution < -0.4 is 10.6 Å². The molecule has 2 N–H and O–H groups in total. The number of nitrogens with one attached hydrogen (secondary N) is 2. The Morgan fingerprint density at radius 3 is 1.89 bits per heavy atom. The number of aryl methyl sites for hydroxylation is 1. The molecule has 0 fully saturated rings. The summed E-state index contributed by atoms with van der Waals surface area (Å²) in [6, 6.07) is 20.7. The van der Waals surface area contributed by atoms with Crippen molar-refractivity contribution in [1.29, 1.82) is 0 Å². The van der Waals surface area contributed by atoms with Crippen molar-refractivity contribution in [2.75, 3.05) is 18.9 Å². The van der Waals surface area contributed by atoms with Gasteiger partial charge in [-0.05, 0) is 56.6 Å². The third kappa shape index (κ3) is 7.37. The van der Waals surface area contributed by atoms with Crippen molar-refractivity contribution in [2.24, 2.45) is 0 Å². The van der Waals surface area contributed by atoms with Crippen molar-refractivity contribution in [3.05, 3.63) is 94.5 Å². The summed E-state index contributed by atoms with van der Waals surface area (Å²) < 4.78 is 0. The number of unbranched alkanes of at least 4 members (excludes halogenated alkanes) is 2. The molecule has 0 spiro atoms. The fourth-order valence-electron chi connectivity index (χ4n) is 3.99. The van der Waals surface area contributed by atoms with Gasteiger partial charge in [0.05, 0.1) is 11.3 Å². The summed E-state index contributed by atoms with van der Waals surface area (Å²) in [6.45, 7) is 9.49. The minimum atomic E-state index is -0.107. The Morgan fingerprint density at radius 2 is 1.31 bits per heavy atom. The van der Waals surface area contributed by atoms with E-state index in [0.717, 1.165) is 18.7 Å². The molecule has 0 saturated carbocycles. The van der Waals surface area contributed by atoms with Gasteiger partial charge in [-0.2, -0.15) is 0 Å². The lowest BCUT2D eigenvalue weighted by Gasteiger charge is -2.20. The molecule has 35 heavy (non-hydrogen) atoms. The second-order valence-corrected chi connectivity index (χ2v) is 8.31. The van der Waals surface area contributed by atoms with Gasteiger partial charge in [-0.15, -0.1) is 0 Å². The summed E-state index contributed by atoms with van der Waals surface area (Å²) in [4.78, 5) is 25.9. The highest BCUT2D eigenvalue weighted by Crippen LogP contribution is 2.33. The van der Waals surface area contributed by atoms with Crippen LogP contribution in [0.25, 0.3) is 0 Å². The molecule has 4 heteroatoms. The van der Waals surface area contributed by atoms with E-state index < -0.39 is 0 Å². The van der Waals surface area contributed by atoms with E-state index >= 15 is 0 Å². The number of carbonyl (C=O) groups is 2. The van der Waals surface area contributed by atoms with Gasteiger partial charge in [0.25, 0.3) is 0 Å². The van der Waals surface area contributed by atoms with Crippen molar-refractivity contribution in [2.45, 2.75) is 59.8 Å². The quantitative estimate of drug-likeness (QED) is 0.260. The van der Waals surface area contributed by atoms with E-state index in [1.165, 1.54) is 31.2 Å². The second-order valence-electron chi connectivity index (χ2n) is 8.31. The van der Waals surface area contributed by atoms with Crippen molar-refractivity contribution in [3.8, 4) is 0 Å². The van der Waals surface area contributed by atoms with Crippen LogP contribution in [0.5, 0.6) is 0 Å². The minimum absolute atomic E-state index is 0.0971. The summed E-state index contributed by atoms with van der Waals surface area (Å²) in [6.07, 6.45) is 5.98. The zero-order valence-electron chi connectivity index (χ0n) is 21.9. The van der Waals surface area contributed by atoms with Crippen molar-refractivity contribution in [1.82, 2.24) is 5.32 Å². The van der Waals surface area contributed by atoms with Crippen LogP contribution in [0.1, 0.15) is 90.8 Å². The van der Waals surface area contributed by atoms with E-state index in [1.807, 2.05) is 45.2 Å². The Labute approximate surface area is 211 Å². The second kappa shape index (κ2) is 14.9. The summed E-state index contributed by atoms with van der Waals surface area (Å²) in [5.74, 6) is -0.204. The summed E-state index contributed by atoms with van der Waals surface area (Å²) >= 11 is 0. The van der Waals surface area contributed by atoms with E-state index in [-0.39, 0.29) is 11.6 Å². The molecular formula is C31H40N2O2. The molecule has 0 atom stereocenters. The predicted molar refractivity (Wildman–Crippen MR) is 148 cm³/mol. The van der Waals surface area contributed by atoms with Crippen LogP contribution in [-0.2, 0) is 6.42 Å². The van der Waals surface area contributed by atoms with Crippen LogP contribution in [0.4, 0.5) is 11.4 Å². The van der Waals surface area contributed by atoms with E-state index in [4.69, 9.17) is 0 Å². The van der Waals surface area contributed by atoms with Crippen molar-refractivity contribution < 1.29 is 9.59 Å². The highest BCUT2D eigenvalue weighted by Gasteiger charge is 2.31. The van der Waals surface area contributed by atoms with Gasteiger partial charge >= 0.3 is 0 Å². The average molecular weight is 473 g/mol. The molecule has 3 aromatic carbocycles. The molecule has 0 bridgehead atoms. The maximum absolute atomic E-state index is 13.1. The van der Waals surface area contributed by atoms with E-state index in [0.29, 0.717) is 27.9 Å². The Kier molecular flexibility index (Phi) is 11.9. The van der Waals surface area contributed by atoms with Gasteiger partial charge in [0.15, 0.2) is 11.6 Å². The van der Waals surface area contributed by atoms with Crippen molar-refractivity contribution in [3.63, 3.8) is 0 Å². The van der Waals surface area contributed by atoms with E-state index in [2.05, 4.69) is 36.6 Å². The standard InChI is InChI=1S/C25H23NO2.C4H11N.C2H6/c1-2-3-4-8-17-13-15-18(16-14-17)26-22-12-7-11-21-23(22)25(28)20-10-6-5-9-19(20)24(21)27;1-3-4-5-2;1-2/h5-7,9-16,26H,2-4,8H2,1H3;5H,3-4H2,1-2H3;1-2H3. The number of carbonyl (C=O) groups excluding carboxylic acids is 2. The zero-order chi connectivity index (χ0) is 25.6. The first-order valence-corrected chi connectivity index (χ1v) is 12.9. The first kappa shape index (κ1) is 28.0. The van der Waals surface area contributed by atoms with Gasteiger partial charge in [-0.1, -0.05) is 89.1 Å². The summed E-state index contributed by atoms with van der Waals surface area (Å²) in [5.41, 5.74) is 4.77. The maximum atomic E-state index is 13.1. The molecule has 0 aromatic heterocycles. The molecule has 4 rings (SSSR count). The van der Waals surface area contributed by atoms with Gasteiger partial charge in [0.1, 0.15) is 0 Å². The lowest BCUT2D eigenvalue weighted by Crippen LogP contribution is -2.22. The molecule has 1 aliphatic rings. The largest absolute Gasteiger partial charge is 0.355 e. The van der Waals surface area contributed by atoms with Crippen LogP contribution in [0.3, 0.4) is 0 Å². The third-order valence-corrected chi connectivity index (χ3v) is 5.75. The number of rotatable bonds is 8. The highest BCUT2D eigenvalue weighted by molar-refractivity contribution is 6.30. The summed E-state index contributed by atoms with van der Waals surface area (Å²) in [5, 5.41) is 6.35. The normalized spacial score (nSPS) is 11.3. The number of benzene rings is 3. The number of ketones is 2. The number of hydrogen-bond acceptors (Lipinski definition) is 4. The minimum Gasteiger partial charge on any atom is -0.355 e. The van der Waals surface area contributed by atoms with Crippen LogP contribution in [0.2, 0.25) is 0 Å². The smallest absolute Gasteiger partial charge is 0.196 e. The first-order valence-electron chi connectivity index (χ1n) is 12.9. The molecule has 0 unspecified atom stereocenters. The molecule has 4 nitrogen and oxygen atoms in total. The molecule has 186 valence electrons. The lowest BCUT2D eigenvalue weighted by molar-refractivity contribution is 0.0979. The van der Waals surface area contributed by atoms with Crippen molar-refractivity contribution >= 4 is 22.9 Å². The monoisotopic (exact) mass is 472 g/mol. The molecule has 3 aromatic rings. The Hall–Kier alpha value is -3.24. The Morgan fingerprint density at radius 1 is 0.686 bits per heavy atom. The molecule has 1 aliphatic carbocycles. The highest BCUT2D eigenvalue weighted by atomic mass is 16.1. The first-order chi connectivity index (χ1) is 17.1. The van der Waals surface area contributed by atoms with Gasteiger partial charge in [0, 0.05) is 22.4 Å².